The predicted octanol–water partition coefficient (Wildman–Crippen LogP) is 1.53. The van der Waals surface area contributed by atoms with Gasteiger partial charge in [-0.05, 0) is 65.2 Å². The van der Waals surface area contributed by atoms with E-state index in [4.69, 9.17) is 14.2 Å². The van der Waals surface area contributed by atoms with Gasteiger partial charge in [-0.15, -0.1) is 0 Å². The molecule has 36 heavy (non-hydrogen) atoms. The molecule has 0 radical (unpaired) electrons. The Bertz CT molecular complexity index is 1070. The van der Waals surface area contributed by atoms with Crippen molar-refractivity contribution in [3.8, 4) is 11.5 Å². The second-order valence-corrected chi connectivity index (χ2v) is 11.7. The molecule has 13 heteroatoms. The monoisotopic (exact) mass is 529 g/mol. The second-order valence-electron chi connectivity index (χ2n) is 9.54. The van der Waals surface area contributed by atoms with Crippen molar-refractivity contribution in [2.24, 2.45) is 0 Å². The number of amides is 2. The van der Waals surface area contributed by atoms with Gasteiger partial charge in [0.15, 0.2) is 17.6 Å². The van der Waals surface area contributed by atoms with Crippen LogP contribution >= 0.6 is 0 Å². The second kappa shape index (κ2) is 11.8. The first kappa shape index (κ1) is 29.2. The summed E-state index contributed by atoms with van der Waals surface area (Å²) >= 11 is 0. The molecular weight excluding hydrogens is 494 g/mol. The van der Waals surface area contributed by atoms with Gasteiger partial charge in [0, 0.05) is 0 Å². The largest absolute Gasteiger partial charge is 0.481 e. The maximum Gasteiger partial charge on any atom is 0.408 e. The van der Waals surface area contributed by atoms with E-state index in [1.165, 1.54) is 13.0 Å². The molecule has 0 aromatic heterocycles. The Morgan fingerprint density at radius 3 is 2.42 bits per heavy atom. The number of aliphatic carboxylic acids is 1. The Kier molecular flexibility index (Phi) is 9.55. The number of ether oxygens (including phenoxy) is 3. The summed E-state index contributed by atoms with van der Waals surface area (Å²) in [6, 6.07) is 3.37. The quantitative estimate of drug-likeness (QED) is 0.351. The Labute approximate surface area is 211 Å². The SMILES string of the molecule is CCC(C)S(=O)(=O)N[C@@H](Cc1ccc2c(c1)OC(NC(=O)CNC(=O)OC(C)(C)C)C(C)O2)C(=O)O. The Balaban J connectivity index is 2.05. The van der Waals surface area contributed by atoms with Crippen LogP contribution < -0.4 is 24.8 Å². The predicted molar refractivity (Wildman–Crippen MR) is 130 cm³/mol. The van der Waals surface area contributed by atoms with E-state index in [1.807, 2.05) is 0 Å². The fraction of sp³-hybridized carbons (Fsp3) is 0.609. The maximum atomic E-state index is 12.4. The highest BCUT2D eigenvalue weighted by Crippen LogP contribution is 2.34. The van der Waals surface area contributed by atoms with Gasteiger partial charge in [-0.1, -0.05) is 13.0 Å². The first-order valence-electron chi connectivity index (χ1n) is 11.6. The molecule has 0 fully saturated rings. The standard InChI is InChI=1S/C23H35N3O9S/c1-7-13(2)36(31,32)26-16(21(28)29)10-15-8-9-17-18(11-15)34-20(14(3)33-17)25-19(27)12-24-22(30)35-23(4,5)6/h8-9,11,13-14,16,20,26H,7,10,12H2,1-6H3,(H,24,30)(H,25,27)(H,28,29)/t13?,14?,16-,20?/m0/s1. The number of sulfonamides is 1. The Morgan fingerprint density at radius 2 is 1.83 bits per heavy atom. The molecule has 0 bridgehead atoms. The number of carbonyl (C=O) groups excluding carboxylic acids is 2. The third-order valence-corrected chi connectivity index (χ3v) is 7.25. The molecule has 2 rings (SSSR count). The van der Waals surface area contributed by atoms with Gasteiger partial charge in [-0.2, -0.15) is 0 Å². The fourth-order valence-corrected chi connectivity index (χ4v) is 4.39. The molecule has 4 atom stereocenters. The first-order chi connectivity index (χ1) is 16.6. The number of hydrogen-bond acceptors (Lipinski definition) is 8. The third-order valence-electron chi connectivity index (χ3n) is 5.25. The van der Waals surface area contributed by atoms with Gasteiger partial charge in [-0.3, -0.25) is 9.59 Å². The van der Waals surface area contributed by atoms with Crippen molar-refractivity contribution in [2.75, 3.05) is 6.54 Å². The lowest BCUT2D eigenvalue weighted by atomic mass is 10.1. The van der Waals surface area contributed by atoms with Crippen LogP contribution in [0.1, 0.15) is 53.5 Å². The van der Waals surface area contributed by atoms with Crippen LogP contribution in [0, 0.1) is 0 Å². The van der Waals surface area contributed by atoms with Crippen LogP contribution in [-0.2, 0) is 30.8 Å². The molecule has 12 nitrogen and oxygen atoms in total. The Morgan fingerprint density at radius 1 is 1.17 bits per heavy atom. The van der Waals surface area contributed by atoms with E-state index in [2.05, 4.69) is 15.4 Å². The molecule has 202 valence electrons. The van der Waals surface area contributed by atoms with Gasteiger partial charge in [0.1, 0.15) is 18.2 Å². The van der Waals surface area contributed by atoms with E-state index >= 15 is 0 Å². The number of hydrogen-bond donors (Lipinski definition) is 4. The Hall–Kier alpha value is -3.06. The van der Waals surface area contributed by atoms with Crippen molar-refractivity contribution < 1.29 is 42.1 Å². The lowest BCUT2D eigenvalue weighted by molar-refractivity contribution is -0.139. The number of carboxylic acid groups (broad SMARTS) is 1. The van der Waals surface area contributed by atoms with Crippen LogP contribution in [0.4, 0.5) is 4.79 Å². The average molecular weight is 530 g/mol. The van der Waals surface area contributed by atoms with Crippen LogP contribution in [-0.4, -0.2) is 67.3 Å². The minimum Gasteiger partial charge on any atom is -0.481 e. The highest BCUT2D eigenvalue weighted by Gasteiger charge is 2.31. The summed E-state index contributed by atoms with van der Waals surface area (Å²) in [5.74, 6) is -1.21. The van der Waals surface area contributed by atoms with Gasteiger partial charge < -0.3 is 30.0 Å². The zero-order valence-electron chi connectivity index (χ0n) is 21.3. The number of rotatable bonds is 10. The molecule has 4 N–H and O–H groups in total. The molecule has 0 saturated heterocycles. The van der Waals surface area contributed by atoms with Crippen LogP contribution in [0.2, 0.25) is 0 Å². The molecule has 1 aliphatic heterocycles. The summed E-state index contributed by atoms with van der Waals surface area (Å²) < 4.78 is 43.7. The summed E-state index contributed by atoms with van der Waals surface area (Å²) in [7, 11) is -3.82. The van der Waals surface area contributed by atoms with E-state index in [0.29, 0.717) is 17.7 Å². The van der Waals surface area contributed by atoms with Crippen molar-refractivity contribution in [2.45, 2.75) is 83.6 Å². The van der Waals surface area contributed by atoms with Gasteiger partial charge in [-0.25, -0.2) is 17.9 Å². The van der Waals surface area contributed by atoms with Crippen LogP contribution in [0.25, 0.3) is 0 Å². The van der Waals surface area contributed by atoms with Crippen LogP contribution in [0.15, 0.2) is 18.2 Å². The molecule has 1 heterocycles. The summed E-state index contributed by atoms with van der Waals surface area (Å²) in [6.07, 6.45) is -1.99. The number of carboxylic acids is 1. The first-order valence-corrected chi connectivity index (χ1v) is 13.1. The van der Waals surface area contributed by atoms with Crippen molar-refractivity contribution in [3.63, 3.8) is 0 Å². The van der Waals surface area contributed by atoms with Crippen LogP contribution in [0.3, 0.4) is 0 Å². The van der Waals surface area contributed by atoms with Crippen LogP contribution in [0.5, 0.6) is 11.5 Å². The van der Waals surface area contributed by atoms with Gasteiger partial charge in [0.2, 0.25) is 22.2 Å². The van der Waals surface area contributed by atoms with E-state index in [1.54, 1.807) is 46.8 Å². The molecule has 1 aromatic carbocycles. The molecule has 1 aliphatic rings. The topological polar surface area (TPSA) is 169 Å². The number of nitrogens with one attached hydrogen (secondary N) is 3. The number of benzene rings is 1. The van der Waals surface area contributed by atoms with E-state index in [9.17, 15) is 27.9 Å². The average Bonchev–Trinajstić information content (AvgIpc) is 2.76. The van der Waals surface area contributed by atoms with Crippen molar-refractivity contribution in [1.29, 1.82) is 0 Å². The van der Waals surface area contributed by atoms with Crippen molar-refractivity contribution >= 4 is 28.0 Å². The fourth-order valence-electron chi connectivity index (χ4n) is 3.14. The lowest BCUT2D eigenvalue weighted by Gasteiger charge is -2.32. The van der Waals surface area contributed by atoms with Gasteiger partial charge >= 0.3 is 12.1 Å². The summed E-state index contributed by atoms with van der Waals surface area (Å²) in [5.41, 5.74) is -0.215. The van der Waals surface area contributed by atoms with Crippen molar-refractivity contribution in [1.82, 2.24) is 15.4 Å². The van der Waals surface area contributed by atoms with Gasteiger partial charge in [0.05, 0.1) is 5.25 Å². The number of fused-ring (bicyclic) bond motifs is 1. The number of carbonyl (C=O) groups is 3. The number of alkyl carbamates (subject to hydrolysis) is 1. The summed E-state index contributed by atoms with van der Waals surface area (Å²) in [4.78, 5) is 35.7. The summed E-state index contributed by atoms with van der Waals surface area (Å²) in [5, 5.41) is 13.8. The molecule has 1 aromatic rings. The molecule has 3 unspecified atom stereocenters. The van der Waals surface area contributed by atoms with E-state index in [-0.39, 0.29) is 18.7 Å². The zero-order chi connectivity index (χ0) is 27.3. The molecular formula is C23H35N3O9S. The molecule has 0 saturated carbocycles. The lowest BCUT2D eigenvalue weighted by Crippen LogP contribution is -2.52. The third kappa shape index (κ3) is 8.55. The van der Waals surface area contributed by atoms with E-state index < -0.39 is 57.2 Å². The smallest absolute Gasteiger partial charge is 0.408 e. The minimum atomic E-state index is -3.82. The highest BCUT2D eigenvalue weighted by molar-refractivity contribution is 7.90. The molecule has 0 aliphatic carbocycles. The summed E-state index contributed by atoms with van der Waals surface area (Å²) in [6.45, 7) is 9.65. The highest BCUT2D eigenvalue weighted by atomic mass is 32.2. The normalized spacial score (nSPS) is 19.1. The van der Waals surface area contributed by atoms with E-state index in [0.717, 1.165) is 0 Å². The zero-order valence-corrected chi connectivity index (χ0v) is 22.1. The minimum absolute atomic E-state index is 0.131. The van der Waals surface area contributed by atoms with Crippen molar-refractivity contribution in [3.05, 3.63) is 23.8 Å². The maximum absolute atomic E-state index is 12.4. The molecule has 0 spiro atoms. The molecule has 2 amide bonds. The van der Waals surface area contributed by atoms with Gasteiger partial charge in [0.25, 0.3) is 0 Å².